The summed E-state index contributed by atoms with van der Waals surface area (Å²) in [4.78, 5) is 31.6. The summed E-state index contributed by atoms with van der Waals surface area (Å²) in [6.45, 7) is 5.12. The summed E-state index contributed by atoms with van der Waals surface area (Å²) < 4.78 is 0. The number of aryl methyl sites for hydroxylation is 1. The van der Waals surface area contributed by atoms with E-state index in [4.69, 9.17) is 11.6 Å². The van der Waals surface area contributed by atoms with Crippen LogP contribution in [-0.4, -0.2) is 51.8 Å². The minimum atomic E-state index is -0.570. The summed E-state index contributed by atoms with van der Waals surface area (Å²) >= 11 is 7.68. The number of nitro groups is 1. The lowest BCUT2D eigenvalue weighted by atomic mass is 10.1. The van der Waals surface area contributed by atoms with Gasteiger partial charge < -0.3 is 4.90 Å². The molecule has 1 amide bonds. The molecule has 0 spiro atoms. The number of nitro benzene ring substituents is 1. The Kier molecular flexibility index (Phi) is 5.31. The maximum Gasteiger partial charge on any atom is 0.283 e. The van der Waals surface area contributed by atoms with Gasteiger partial charge in [0, 0.05) is 44.2 Å². The molecule has 9 heteroatoms. The Morgan fingerprint density at radius 1 is 1.36 bits per heavy atom. The first kappa shape index (κ1) is 17.8. The highest BCUT2D eigenvalue weighted by molar-refractivity contribution is 7.09. The Labute approximate surface area is 154 Å². The molecule has 7 nitrogen and oxygen atoms in total. The minimum absolute atomic E-state index is 0.0299. The van der Waals surface area contributed by atoms with Gasteiger partial charge in [0.1, 0.15) is 5.56 Å². The molecule has 2 aromatic rings. The van der Waals surface area contributed by atoms with Gasteiger partial charge >= 0.3 is 0 Å². The molecule has 0 bridgehead atoms. The van der Waals surface area contributed by atoms with Crippen molar-refractivity contribution >= 4 is 34.5 Å². The van der Waals surface area contributed by atoms with Crippen LogP contribution in [-0.2, 0) is 6.54 Å². The highest BCUT2D eigenvalue weighted by Crippen LogP contribution is 2.28. The van der Waals surface area contributed by atoms with Crippen molar-refractivity contribution in [3.63, 3.8) is 0 Å². The van der Waals surface area contributed by atoms with Gasteiger partial charge in [-0.2, -0.15) is 0 Å². The van der Waals surface area contributed by atoms with Crippen LogP contribution < -0.4 is 0 Å². The van der Waals surface area contributed by atoms with Crippen molar-refractivity contribution in [3.05, 3.63) is 55.0 Å². The molecule has 25 heavy (non-hydrogen) atoms. The van der Waals surface area contributed by atoms with Gasteiger partial charge in [-0.15, -0.1) is 11.3 Å². The van der Waals surface area contributed by atoms with Gasteiger partial charge in [0.15, 0.2) is 0 Å². The van der Waals surface area contributed by atoms with E-state index in [2.05, 4.69) is 9.88 Å². The first-order valence-corrected chi connectivity index (χ1v) is 9.07. The molecule has 0 N–H and O–H groups in total. The number of carbonyl (C=O) groups excluding carboxylic acids is 1. The number of hydrogen-bond donors (Lipinski definition) is 0. The van der Waals surface area contributed by atoms with Crippen molar-refractivity contribution in [3.8, 4) is 0 Å². The summed E-state index contributed by atoms with van der Waals surface area (Å²) in [5.74, 6) is -0.388. The largest absolute Gasteiger partial charge is 0.336 e. The van der Waals surface area contributed by atoms with E-state index in [1.165, 1.54) is 18.2 Å². The summed E-state index contributed by atoms with van der Waals surface area (Å²) in [6, 6.07) is 4.29. The first-order chi connectivity index (χ1) is 12.0. The van der Waals surface area contributed by atoms with E-state index in [-0.39, 0.29) is 22.2 Å². The number of rotatable bonds is 4. The van der Waals surface area contributed by atoms with Crippen LogP contribution in [0.5, 0.6) is 0 Å². The number of nitrogens with zero attached hydrogens (tertiary/aromatic N) is 4. The van der Waals surface area contributed by atoms with E-state index in [1.807, 2.05) is 12.3 Å². The fourth-order valence-electron chi connectivity index (χ4n) is 2.85. The van der Waals surface area contributed by atoms with Crippen molar-refractivity contribution in [1.29, 1.82) is 0 Å². The number of benzene rings is 1. The third-order valence-corrected chi connectivity index (χ3v) is 5.25. The van der Waals surface area contributed by atoms with Crippen molar-refractivity contribution in [1.82, 2.24) is 14.8 Å². The van der Waals surface area contributed by atoms with Crippen LogP contribution >= 0.6 is 22.9 Å². The molecule has 0 unspecified atom stereocenters. The summed E-state index contributed by atoms with van der Waals surface area (Å²) in [5.41, 5.74) is 0.750. The number of aromatic nitrogens is 1. The molecule has 1 aromatic carbocycles. The van der Waals surface area contributed by atoms with Crippen LogP contribution in [0, 0.1) is 17.0 Å². The Morgan fingerprint density at radius 2 is 2.08 bits per heavy atom. The number of hydrogen-bond acceptors (Lipinski definition) is 6. The predicted octanol–water partition coefficient (Wildman–Crippen LogP) is 2.97. The van der Waals surface area contributed by atoms with E-state index >= 15 is 0 Å². The zero-order chi connectivity index (χ0) is 18.0. The van der Waals surface area contributed by atoms with Crippen molar-refractivity contribution in [2.75, 3.05) is 26.2 Å². The van der Waals surface area contributed by atoms with Crippen LogP contribution in [0.3, 0.4) is 0 Å². The second-order valence-electron chi connectivity index (χ2n) is 5.82. The lowest BCUT2D eigenvalue weighted by Crippen LogP contribution is -2.48. The molecule has 0 radical (unpaired) electrons. The van der Waals surface area contributed by atoms with Gasteiger partial charge in [-0.1, -0.05) is 17.7 Å². The molecule has 0 atom stereocenters. The number of amides is 1. The second kappa shape index (κ2) is 7.47. The normalized spacial score (nSPS) is 15.4. The highest BCUT2D eigenvalue weighted by Gasteiger charge is 2.29. The van der Waals surface area contributed by atoms with Crippen LogP contribution in [0.2, 0.25) is 5.02 Å². The highest BCUT2D eigenvalue weighted by atomic mass is 35.5. The zero-order valence-electron chi connectivity index (χ0n) is 13.6. The Bertz CT molecular complexity index is 802. The summed E-state index contributed by atoms with van der Waals surface area (Å²) in [5, 5.41) is 14.4. The van der Waals surface area contributed by atoms with Gasteiger partial charge in [-0.05, 0) is 13.0 Å². The monoisotopic (exact) mass is 380 g/mol. The molecule has 1 saturated heterocycles. The average Bonchev–Trinajstić information content (AvgIpc) is 2.99. The van der Waals surface area contributed by atoms with E-state index in [0.29, 0.717) is 26.2 Å². The third kappa shape index (κ3) is 3.97. The van der Waals surface area contributed by atoms with Gasteiger partial charge in [0.2, 0.25) is 0 Å². The molecular weight excluding hydrogens is 364 g/mol. The first-order valence-electron chi connectivity index (χ1n) is 7.81. The third-order valence-electron chi connectivity index (χ3n) is 4.11. The average molecular weight is 381 g/mol. The van der Waals surface area contributed by atoms with Crippen molar-refractivity contribution in [2.45, 2.75) is 13.5 Å². The number of carbonyl (C=O) groups is 1. The second-order valence-corrected chi connectivity index (χ2v) is 7.29. The molecule has 1 fully saturated rings. The van der Waals surface area contributed by atoms with Gasteiger partial charge in [0.05, 0.1) is 20.6 Å². The van der Waals surface area contributed by atoms with Crippen LogP contribution in [0.1, 0.15) is 21.1 Å². The van der Waals surface area contributed by atoms with Crippen LogP contribution in [0.15, 0.2) is 23.6 Å². The molecule has 1 aliphatic heterocycles. The maximum atomic E-state index is 12.7. The number of piperazine rings is 1. The molecule has 2 heterocycles. The minimum Gasteiger partial charge on any atom is -0.336 e. The smallest absolute Gasteiger partial charge is 0.283 e. The van der Waals surface area contributed by atoms with Crippen LogP contribution in [0.25, 0.3) is 0 Å². The SMILES string of the molecule is Cc1nc(CN2CCN(C(=O)c3c(Cl)cccc3[N+](=O)[O-])CC2)cs1. The summed E-state index contributed by atoms with van der Waals surface area (Å²) in [7, 11) is 0. The van der Waals surface area contributed by atoms with Crippen LogP contribution in [0.4, 0.5) is 5.69 Å². The summed E-state index contributed by atoms with van der Waals surface area (Å²) in [6.07, 6.45) is 0. The van der Waals surface area contributed by atoms with E-state index < -0.39 is 4.92 Å². The molecular formula is C16H17ClN4O3S. The van der Waals surface area contributed by atoms with Gasteiger partial charge in [0.25, 0.3) is 11.6 Å². The Balaban J connectivity index is 1.67. The molecule has 1 aliphatic rings. The fraction of sp³-hybridized carbons (Fsp3) is 0.375. The lowest BCUT2D eigenvalue weighted by Gasteiger charge is -2.34. The Hall–Kier alpha value is -2.03. The zero-order valence-corrected chi connectivity index (χ0v) is 15.2. The number of thiazole rings is 1. The lowest BCUT2D eigenvalue weighted by molar-refractivity contribution is -0.385. The molecule has 1 aromatic heterocycles. The van der Waals surface area contributed by atoms with E-state index in [1.54, 1.807) is 16.2 Å². The van der Waals surface area contributed by atoms with E-state index in [0.717, 1.165) is 17.2 Å². The standard InChI is InChI=1S/C16H17ClN4O3S/c1-11-18-12(10-25-11)9-19-5-7-20(8-6-19)16(22)15-13(17)3-2-4-14(15)21(23)24/h2-4,10H,5-9H2,1H3. The molecule has 3 rings (SSSR count). The predicted molar refractivity (Wildman–Crippen MR) is 96.1 cm³/mol. The quantitative estimate of drug-likeness (QED) is 0.601. The molecule has 0 aliphatic carbocycles. The number of halogens is 1. The fourth-order valence-corrected chi connectivity index (χ4v) is 3.71. The van der Waals surface area contributed by atoms with Crippen molar-refractivity contribution in [2.24, 2.45) is 0 Å². The molecule has 132 valence electrons. The Morgan fingerprint density at radius 3 is 2.68 bits per heavy atom. The van der Waals surface area contributed by atoms with Gasteiger partial charge in [-0.25, -0.2) is 4.98 Å². The molecule has 0 saturated carbocycles. The van der Waals surface area contributed by atoms with Crippen molar-refractivity contribution < 1.29 is 9.72 Å². The van der Waals surface area contributed by atoms with E-state index in [9.17, 15) is 14.9 Å². The topological polar surface area (TPSA) is 79.6 Å². The maximum absolute atomic E-state index is 12.7. The van der Waals surface area contributed by atoms with Gasteiger partial charge in [-0.3, -0.25) is 19.8 Å².